The van der Waals surface area contributed by atoms with Crippen LogP contribution in [0.4, 0.5) is 11.4 Å². The Morgan fingerprint density at radius 2 is 1.80 bits per heavy atom. The number of sulfone groups is 1. The zero-order chi connectivity index (χ0) is 15.3. The van der Waals surface area contributed by atoms with E-state index in [0.717, 1.165) is 31.7 Å². The van der Waals surface area contributed by atoms with Crippen molar-refractivity contribution in [1.82, 2.24) is 4.90 Å². The molecule has 0 heterocycles. The van der Waals surface area contributed by atoms with E-state index >= 15 is 0 Å². The molecule has 0 radical (unpaired) electrons. The van der Waals surface area contributed by atoms with E-state index in [2.05, 4.69) is 16.7 Å². The Bertz CT molecular complexity index is 541. The van der Waals surface area contributed by atoms with Gasteiger partial charge < -0.3 is 15.5 Å². The largest absolute Gasteiger partial charge is 0.397 e. The van der Waals surface area contributed by atoms with Crippen LogP contribution < -0.4 is 10.6 Å². The Morgan fingerprint density at radius 1 is 1.15 bits per heavy atom. The number of anilines is 2. The minimum Gasteiger partial charge on any atom is -0.397 e. The van der Waals surface area contributed by atoms with Crippen molar-refractivity contribution in [3.05, 3.63) is 18.2 Å². The molecular weight excluding hydrogens is 274 g/mol. The van der Waals surface area contributed by atoms with Gasteiger partial charge in [-0.3, -0.25) is 0 Å². The highest BCUT2D eigenvalue weighted by Gasteiger charge is 2.13. The summed E-state index contributed by atoms with van der Waals surface area (Å²) in [6.45, 7) is 4.80. The molecule has 0 unspecified atom stereocenters. The summed E-state index contributed by atoms with van der Waals surface area (Å²) in [4.78, 5) is 4.58. The topological polar surface area (TPSA) is 66.6 Å². The predicted molar refractivity (Wildman–Crippen MR) is 85.0 cm³/mol. The van der Waals surface area contributed by atoms with Gasteiger partial charge in [0.25, 0.3) is 0 Å². The fraction of sp³-hybridized carbons (Fsp3) is 0.571. The zero-order valence-corrected chi connectivity index (χ0v) is 13.6. The normalized spacial score (nSPS) is 11.8. The molecule has 0 fully saturated rings. The first-order valence-corrected chi connectivity index (χ1v) is 8.64. The van der Waals surface area contributed by atoms with Crippen LogP contribution in [0.5, 0.6) is 0 Å². The summed E-state index contributed by atoms with van der Waals surface area (Å²) in [5.41, 5.74) is 7.45. The highest BCUT2D eigenvalue weighted by molar-refractivity contribution is 7.90. The van der Waals surface area contributed by atoms with Crippen LogP contribution in [-0.2, 0) is 9.84 Å². The van der Waals surface area contributed by atoms with Gasteiger partial charge >= 0.3 is 0 Å². The van der Waals surface area contributed by atoms with Crippen LogP contribution in [0, 0.1) is 0 Å². The summed E-state index contributed by atoms with van der Waals surface area (Å²) >= 11 is 0. The number of nitrogen functional groups attached to an aromatic ring is 1. The molecule has 6 heteroatoms. The summed E-state index contributed by atoms with van der Waals surface area (Å²) in [5, 5.41) is 0. The van der Waals surface area contributed by atoms with Crippen molar-refractivity contribution in [2.75, 3.05) is 50.6 Å². The van der Waals surface area contributed by atoms with Crippen LogP contribution in [0.15, 0.2) is 23.1 Å². The smallest absolute Gasteiger partial charge is 0.175 e. The molecule has 0 saturated carbocycles. The van der Waals surface area contributed by atoms with Crippen LogP contribution >= 0.6 is 0 Å². The lowest BCUT2D eigenvalue weighted by Gasteiger charge is -2.27. The molecule has 0 amide bonds. The van der Waals surface area contributed by atoms with E-state index in [1.165, 1.54) is 6.26 Å². The minimum atomic E-state index is -3.21. The number of hydrogen-bond donors (Lipinski definition) is 1. The van der Waals surface area contributed by atoms with E-state index in [-0.39, 0.29) is 4.90 Å². The van der Waals surface area contributed by atoms with Crippen molar-refractivity contribution in [2.45, 2.75) is 18.2 Å². The lowest BCUT2D eigenvalue weighted by Crippen LogP contribution is -2.32. The van der Waals surface area contributed by atoms with Gasteiger partial charge in [-0.05, 0) is 38.7 Å². The number of likely N-dealkylation sites (N-methyl/N-ethyl adjacent to an activating group) is 1. The molecule has 20 heavy (non-hydrogen) atoms. The maximum absolute atomic E-state index is 11.5. The van der Waals surface area contributed by atoms with E-state index in [0.29, 0.717) is 5.69 Å². The first-order chi connectivity index (χ1) is 9.25. The van der Waals surface area contributed by atoms with E-state index in [4.69, 9.17) is 5.73 Å². The van der Waals surface area contributed by atoms with Crippen molar-refractivity contribution in [2.24, 2.45) is 0 Å². The number of benzene rings is 1. The molecule has 0 bridgehead atoms. The van der Waals surface area contributed by atoms with Gasteiger partial charge in [-0.2, -0.15) is 0 Å². The van der Waals surface area contributed by atoms with Gasteiger partial charge in [-0.25, -0.2) is 8.42 Å². The number of hydrogen-bond acceptors (Lipinski definition) is 5. The molecular formula is C14H25N3O2S. The molecule has 0 aliphatic carbocycles. The van der Waals surface area contributed by atoms with Crippen LogP contribution in [0.3, 0.4) is 0 Å². The molecule has 1 aromatic carbocycles. The molecule has 114 valence electrons. The van der Waals surface area contributed by atoms with Crippen molar-refractivity contribution < 1.29 is 8.42 Å². The van der Waals surface area contributed by atoms with Gasteiger partial charge in [0.15, 0.2) is 9.84 Å². The van der Waals surface area contributed by atoms with Gasteiger partial charge in [0.05, 0.1) is 16.3 Å². The molecule has 1 rings (SSSR count). The van der Waals surface area contributed by atoms with Crippen molar-refractivity contribution in [3.63, 3.8) is 0 Å². The van der Waals surface area contributed by atoms with Gasteiger partial charge in [-0.1, -0.05) is 6.92 Å². The quantitative estimate of drug-likeness (QED) is 0.772. The average Bonchev–Trinajstić information content (AvgIpc) is 2.33. The molecule has 0 saturated heterocycles. The summed E-state index contributed by atoms with van der Waals surface area (Å²) in [5.74, 6) is 0. The molecule has 0 aromatic heterocycles. The summed E-state index contributed by atoms with van der Waals surface area (Å²) < 4.78 is 23.1. The molecule has 1 aromatic rings. The first kappa shape index (κ1) is 16.8. The lowest BCUT2D eigenvalue weighted by molar-refractivity contribution is 0.413. The third kappa shape index (κ3) is 4.68. The van der Waals surface area contributed by atoms with Crippen LogP contribution in [0.1, 0.15) is 13.3 Å². The Hall–Kier alpha value is -1.27. The van der Waals surface area contributed by atoms with E-state index in [9.17, 15) is 8.42 Å². The van der Waals surface area contributed by atoms with E-state index < -0.39 is 9.84 Å². The van der Waals surface area contributed by atoms with Gasteiger partial charge in [0, 0.05) is 25.9 Å². The SMILES string of the molecule is CCCN(CCN(C)C)c1ccc(S(C)(=O)=O)cc1N. The second kappa shape index (κ2) is 6.95. The first-order valence-electron chi connectivity index (χ1n) is 6.75. The second-order valence-electron chi connectivity index (χ2n) is 5.28. The molecule has 0 spiro atoms. The van der Waals surface area contributed by atoms with E-state index in [1.807, 2.05) is 14.1 Å². The molecule has 2 N–H and O–H groups in total. The number of rotatable bonds is 7. The highest BCUT2D eigenvalue weighted by atomic mass is 32.2. The molecule has 0 atom stereocenters. The van der Waals surface area contributed by atoms with Gasteiger partial charge in [-0.15, -0.1) is 0 Å². The summed E-state index contributed by atoms with van der Waals surface area (Å²) in [7, 11) is 0.843. The molecule has 0 aliphatic rings. The Labute approximate surface area is 122 Å². The highest BCUT2D eigenvalue weighted by Crippen LogP contribution is 2.26. The third-order valence-corrected chi connectivity index (χ3v) is 4.19. The zero-order valence-electron chi connectivity index (χ0n) is 12.8. The van der Waals surface area contributed by atoms with Crippen molar-refractivity contribution >= 4 is 21.2 Å². The van der Waals surface area contributed by atoms with Gasteiger partial charge in [0.1, 0.15) is 0 Å². The van der Waals surface area contributed by atoms with Gasteiger partial charge in [0.2, 0.25) is 0 Å². The predicted octanol–water partition coefficient (Wildman–Crippen LogP) is 1.45. The van der Waals surface area contributed by atoms with Crippen molar-refractivity contribution in [3.8, 4) is 0 Å². The average molecular weight is 299 g/mol. The summed E-state index contributed by atoms with van der Waals surface area (Å²) in [6, 6.07) is 4.97. The Balaban J connectivity index is 3.02. The second-order valence-corrected chi connectivity index (χ2v) is 7.30. The minimum absolute atomic E-state index is 0.266. The summed E-state index contributed by atoms with van der Waals surface area (Å²) in [6.07, 6.45) is 2.21. The van der Waals surface area contributed by atoms with Crippen LogP contribution in [0.25, 0.3) is 0 Å². The number of nitrogens with zero attached hydrogens (tertiary/aromatic N) is 2. The van der Waals surface area contributed by atoms with Crippen molar-refractivity contribution in [1.29, 1.82) is 0 Å². The maximum atomic E-state index is 11.5. The fourth-order valence-electron chi connectivity index (χ4n) is 1.99. The maximum Gasteiger partial charge on any atom is 0.175 e. The Morgan fingerprint density at radius 3 is 2.25 bits per heavy atom. The van der Waals surface area contributed by atoms with E-state index in [1.54, 1.807) is 18.2 Å². The standard InChI is InChI=1S/C14H25N3O2S/c1-5-8-17(10-9-16(2)3)14-7-6-12(11-13(14)15)20(4,18)19/h6-7,11H,5,8-10,15H2,1-4H3. The lowest BCUT2D eigenvalue weighted by atomic mass is 10.2. The third-order valence-electron chi connectivity index (χ3n) is 3.08. The molecule has 0 aliphatic heterocycles. The Kier molecular flexibility index (Phi) is 5.83. The number of nitrogens with two attached hydrogens (primary N) is 1. The monoisotopic (exact) mass is 299 g/mol. The molecule has 5 nitrogen and oxygen atoms in total. The van der Waals surface area contributed by atoms with Crippen LogP contribution in [-0.4, -0.2) is 53.3 Å². The van der Waals surface area contributed by atoms with Crippen LogP contribution in [0.2, 0.25) is 0 Å². The fourth-order valence-corrected chi connectivity index (χ4v) is 2.65.